The molecule has 1 fully saturated rings. The van der Waals surface area contributed by atoms with Gasteiger partial charge in [0.25, 0.3) is 5.69 Å². The van der Waals surface area contributed by atoms with E-state index < -0.39 is 37.0 Å². The number of hydrogen-bond acceptors (Lipinski definition) is 7. The number of morpholine rings is 1. The lowest BCUT2D eigenvalue weighted by molar-refractivity contribution is -0.387. The summed E-state index contributed by atoms with van der Waals surface area (Å²) in [5.41, 5.74) is -0.612. The van der Waals surface area contributed by atoms with E-state index in [9.17, 15) is 23.3 Å². The van der Waals surface area contributed by atoms with Crippen molar-refractivity contribution in [1.82, 2.24) is 4.90 Å². The van der Waals surface area contributed by atoms with Crippen molar-refractivity contribution in [2.45, 2.75) is 4.90 Å². The van der Waals surface area contributed by atoms with Crippen LogP contribution in [-0.2, 0) is 19.4 Å². The molecule has 0 atom stereocenters. The highest BCUT2D eigenvalue weighted by Gasteiger charge is 2.30. The number of amides is 1. The number of carbonyl (C=O) groups excluding carboxylic acids is 1. The molecular formula is C13H16N2O7S. The topological polar surface area (TPSA) is 116 Å². The monoisotopic (exact) mass is 344 g/mol. The van der Waals surface area contributed by atoms with Gasteiger partial charge in [-0.2, -0.15) is 0 Å². The van der Waals surface area contributed by atoms with Gasteiger partial charge in [0, 0.05) is 13.1 Å². The van der Waals surface area contributed by atoms with Crippen molar-refractivity contribution in [3.8, 4) is 5.75 Å². The molecule has 0 aromatic heterocycles. The second kappa shape index (κ2) is 6.92. The maximum Gasteiger partial charge on any atom is 0.291 e. The van der Waals surface area contributed by atoms with E-state index in [0.29, 0.717) is 26.3 Å². The lowest BCUT2D eigenvalue weighted by Gasteiger charge is -2.26. The molecule has 9 nitrogen and oxygen atoms in total. The normalized spacial score (nSPS) is 15.3. The molecule has 0 saturated carbocycles. The molecule has 2 rings (SSSR count). The molecule has 1 aromatic rings. The zero-order valence-corrected chi connectivity index (χ0v) is 13.2. The van der Waals surface area contributed by atoms with E-state index in [-0.39, 0.29) is 5.75 Å². The Hall–Kier alpha value is -2.20. The van der Waals surface area contributed by atoms with Gasteiger partial charge in [0.15, 0.2) is 9.84 Å². The van der Waals surface area contributed by atoms with Gasteiger partial charge in [0.2, 0.25) is 5.91 Å². The van der Waals surface area contributed by atoms with Crippen LogP contribution in [0.3, 0.4) is 0 Å². The Labute approximate surface area is 132 Å². The first-order valence-corrected chi connectivity index (χ1v) is 8.41. The second-order valence-electron chi connectivity index (χ2n) is 4.84. The first kappa shape index (κ1) is 17.2. The number of nitro benzene ring substituents is 1. The number of sulfone groups is 1. The number of nitrogens with zero attached hydrogens (tertiary/aromatic N) is 2. The number of benzene rings is 1. The average Bonchev–Trinajstić information content (AvgIpc) is 2.54. The van der Waals surface area contributed by atoms with Crippen molar-refractivity contribution < 1.29 is 27.6 Å². The maximum absolute atomic E-state index is 12.4. The number of ether oxygens (including phenoxy) is 2. The first-order valence-electron chi connectivity index (χ1n) is 6.76. The largest absolute Gasteiger partial charge is 0.497 e. The predicted molar refractivity (Wildman–Crippen MR) is 79.1 cm³/mol. The summed E-state index contributed by atoms with van der Waals surface area (Å²) in [6, 6.07) is 3.41. The molecular weight excluding hydrogens is 328 g/mol. The minimum Gasteiger partial charge on any atom is -0.497 e. The van der Waals surface area contributed by atoms with Crippen molar-refractivity contribution in [2.24, 2.45) is 0 Å². The quantitative estimate of drug-likeness (QED) is 0.554. The van der Waals surface area contributed by atoms with Gasteiger partial charge >= 0.3 is 0 Å². The van der Waals surface area contributed by atoms with E-state index in [1.54, 1.807) is 0 Å². The average molecular weight is 344 g/mol. The van der Waals surface area contributed by atoms with Gasteiger partial charge in [-0.25, -0.2) is 8.42 Å². The molecule has 1 heterocycles. The summed E-state index contributed by atoms with van der Waals surface area (Å²) in [5, 5.41) is 11.1. The number of methoxy groups -OCH3 is 1. The summed E-state index contributed by atoms with van der Waals surface area (Å²) < 4.78 is 34.7. The zero-order chi connectivity index (χ0) is 17.0. The number of hydrogen-bond donors (Lipinski definition) is 0. The Morgan fingerprint density at radius 2 is 2.04 bits per heavy atom. The van der Waals surface area contributed by atoms with Crippen LogP contribution in [0.2, 0.25) is 0 Å². The number of nitro groups is 1. The van der Waals surface area contributed by atoms with Crippen LogP contribution in [0.25, 0.3) is 0 Å². The minimum atomic E-state index is -4.14. The second-order valence-corrected chi connectivity index (χ2v) is 6.80. The number of carbonyl (C=O) groups is 1. The standard InChI is InChI=1S/C13H16N2O7S/c1-21-10-2-3-12(11(8-10)15(17)18)23(19,20)9-13(16)14-4-6-22-7-5-14/h2-3,8H,4-7,9H2,1H3. The van der Waals surface area contributed by atoms with Gasteiger partial charge in [0.05, 0.1) is 31.3 Å². The van der Waals surface area contributed by atoms with Crippen LogP contribution < -0.4 is 4.74 Å². The molecule has 1 aromatic carbocycles. The smallest absolute Gasteiger partial charge is 0.291 e. The molecule has 1 amide bonds. The van der Waals surface area contributed by atoms with Crippen LogP contribution in [0.5, 0.6) is 5.75 Å². The predicted octanol–water partition coefficient (Wildman–Crippen LogP) is 0.236. The Morgan fingerprint density at radius 3 is 2.61 bits per heavy atom. The highest BCUT2D eigenvalue weighted by molar-refractivity contribution is 7.92. The van der Waals surface area contributed by atoms with Crippen LogP contribution >= 0.6 is 0 Å². The molecule has 23 heavy (non-hydrogen) atoms. The van der Waals surface area contributed by atoms with Crippen LogP contribution in [-0.4, -0.2) is 63.3 Å². The summed E-state index contributed by atoms with van der Waals surface area (Å²) in [5.74, 6) is -1.26. The molecule has 0 unspecified atom stereocenters. The fraction of sp³-hybridized carbons (Fsp3) is 0.462. The molecule has 0 N–H and O–H groups in total. The molecule has 0 spiro atoms. The van der Waals surface area contributed by atoms with Gasteiger partial charge in [-0.1, -0.05) is 0 Å². The van der Waals surface area contributed by atoms with Crippen molar-refractivity contribution in [3.05, 3.63) is 28.3 Å². The summed E-state index contributed by atoms with van der Waals surface area (Å²) in [4.78, 5) is 23.3. The van der Waals surface area contributed by atoms with Crippen molar-refractivity contribution in [2.75, 3.05) is 39.2 Å². The highest BCUT2D eigenvalue weighted by atomic mass is 32.2. The minimum absolute atomic E-state index is 0.162. The summed E-state index contributed by atoms with van der Waals surface area (Å²) in [6.07, 6.45) is 0. The van der Waals surface area contributed by atoms with Crippen LogP contribution in [0, 0.1) is 10.1 Å². The molecule has 1 saturated heterocycles. The fourth-order valence-corrected chi connectivity index (χ4v) is 3.56. The van der Waals surface area contributed by atoms with E-state index >= 15 is 0 Å². The van der Waals surface area contributed by atoms with Gasteiger partial charge in [-0.3, -0.25) is 14.9 Å². The summed E-state index contributed by atoms with van der Waals surface area (Å²) in [7, 11) is -2.82. The van der Waals surface area contributed by atoms with Crippen LogP contribution in [0.1, 0.15) is 0 Å². The van der Waals surface area contributed by atoms with E-state index in [1.165, 1.54) is 18.1 Å². The molecule has 0 bridgehead atoms. The fourth-order valence-electron chi connectivity index (χ4n) is 2.17. The van der Waals surface area contributed by atoms with E-state index in [2.05, 4.69) is 0 Å². The molecule has 0 radical (unpaired) electrons. The summed E-state index contributed by atoms with van der Waals surface area (Å²) in [6.45, 7) is 1.29. The maximum atomic E-state index is 12.4. The van der Waals surface area contributed by atoms with Gasteiger partial charge in [-0.05, 0) is 12.1 Å². The van der Waals surface area contributed by atoms with Gasteiger partial charge in [-0.15, -0.1) is 0 Å². The zero-order valence-electron chi connectivity index (χ0n) is 12.4. The SMILES string of the molecule is COc1ccc(S(=O)(=O)CC(=O)N2CCOCC2)c([N+](=O)[O-])c1. The van der Waals surface area contributed by atoms with E-state index in [1.807, 2.05) is 0 Å². The van der Waals surface area contributed by atoms with Crippen molar-refractivity contribution in [3.63, 3.8) is 0 Å². The lowest BCUT2D eigenvalue weighted by Crippen LogP contribution is -2.43. The van der Waals surface area contributed by atoms with E-state index in [0.717, 1.165) is 12.1 Å². The molecule has 10 heteroatoms. The van der Waals surface area contributed by atoms with Crippen LogP contribution in [0.15, 0.2) is 23.1 Å². The molecule has 126 valence electrons. The Morgan fingerprint density at radius 1 is 1.39 bits per heavy atom. The Kier molecular flexibility index (Phi) is 5.16. The third-order valence-electron chi connectivity index (χ3n) is 3.38. The third kappa shape index (κ3) is 3.96. The van der Waals surface area contributed by atoms with Gasteiger partial charge < -0.3 is 14.4 Å². The molecule has 1 aliphatic heterocycles. The lowest BCUT2D eigenvalue weighted by atomic mass is 10.3. The molecule has 0 aliphatic carbocycles. The van der Waals surface area contributed by atoms with Crippen molar-refractivity contribution in [1.29, 1.82) is 0 Å². The van der Waals surface area contributed by atoms with Crippen LogP contribution in [0.4, 0.5) is 5.69 Å². The Balaban J connectivity index is 2.28. The summed E-state index contributed by atoms with van der Waals surface area (Å²) >= 11 is 0. The highest BCUT2D eigenvalue weighted by Crippen LogP contribution is 2.29. The van der Waals surface area contributed by atoms with E-state index in [4.69, 9.17) is 9.47 Å². The molecule has 1 aliphatic rings. The first-order chi connectivity index (χ1) is 10.8. The number of rotatable bonds is 5. The van der Waals surface area contributed by atoms with Gasteiger partial charge in [0.1, 0.15) is 16.4 Å². The Bertz CT molecular complexity index is 711. The van der Waals surface area contributed by atoms with Crippen molar-refractivity contribution >= 4 is 21.4 Å². The third-order valence-corrected chi connectivity index (χ3v) is 5.02.